The first-order valence-corrected chi connectivity index (χ1v) is 7.45. The normalized spacial score (nSPS) is 10.1. The second-order valence-corrected chi connectivity index (χ2v) is 5.95. The Kier molecular flexibility index (Phi) is 4.77. The van der Waals surface area contributed by atoms with E-state index in [1.54, 1.807) is 18.2 Å². The summed E-state index contributed by atoms with van der Waals surface area (Å²) < 4.78 is 1.45. The number of halogens is 2. The summed E-state index contributed by atoms with van der Waals surface area (Å²) in [6.07, 6.45) is 0. The van der Waals surface area contributed by atoms with Crippen molar-refractivity contribution in [3.8, 4) is 0 Å². The van der Waals surface area contributed by atoms with Crippen LogP contribution in [-0.2, 0) is 0 Å². The third-order valence-electron chi connectivity index (χ3n) is 2.58. The molecule has 102 valence electrons. The van der Waals surface area contributed by atoms with Crippen LogP contribution in [0, 0.1) is 3.57 Å². The van der Waals surface area contributed by atoms with Crippen molar-refractivity contribution in [1.82, 2.24) is 0 Å². The molecule has 0 aliphatic rings. The Labute approximate surface area is 137 Å². The Balaban J connectivity index is 2.30. The number of carbonyl (C=O) groups is 2. The summed E-state index contributed by atoms with van der Waals surface area (Å²) in [6, 6.07) is 11.6. The van der Waals surface area contributed by atoms with Crippen LogP contribution in [0.2, 0.25) is 0 Å². The van der Waals surface area contributed by atoms with E-state index < -0.39 is 5.97 Å². The standard InChI is InChI=1S/C14H9BrINO3/c15-10-6-5-8(14(19)20)7-12(10)17-13(18)9-3-1-2-4-11(9)16/h1-7H,(H,17,18)(H,19,20). The fourth-order valence-corrected chi connectivity index (χ4v) is 2.57. The molecule has 20 heavy (non-hydrogen) atoms. The summed E-state index contributed by atoms with van der Waals surface area (Å²) in [5.74, 6) is -1.32. The Hall–Kier alpha value is -1.41. The Morgan fingerprint density at radius 1 is 1.15 bits per heavy atom. The van der Waals surface area contributed by atoms with Crippen LogP contribution in [0.15, 0.2) is 46.9 Å². The van der Waals surface area contributed by atoms with Crippen LogP contribution in [0.3, 0.4) is 0 Å². The number of benzene rings is 2. The Bertz CT molecular complexity index is 688. The van der Waals surface area contributed by atoms with Crippen molar-refractivity contribution in [2.24, 2.45) is 0 Å². The molecule has 0 fully saturated rings. The minimum atomic E-state index is -1.04. The first kappa shape index (κ1) is 15.0. The Morgan fingerprint density at radius 2 is 1.85 bits per heavy atom. The van der Waals surface area contributed by atoms with E-state index in [4.69, 9.17) is 5.11 Å². The van der Waals surface area contributed by atoms with Gasteiger partial charge in [-0.25, -0.2) is 4.79 Å². The summed E-state index contributed by atoms with van der Waals surface area (Å²) in [5.41, 5.74) is 1.08. The maximum Gasteiger partial charge on any atom is 0.335 e. The topological polar surface area (TPSA) is 66.4 Å². The van der Waals surface area contributed by atoms with Crippen LogP contribution < -0.4 is 5.32 Å². The van der Waals surface area contributed by atoms with Gasteiger partial charge in [-0.3, -0.25) is 4.79 Å². The zero-order valence-electron chi connectivity index (χ0n) is 10.1. The lowest BCUT2D eigenvalue weighted by molar-refractivity contribution is 0.0696. The highest BCUT2D eigenvalue weighted by atomic mass is 127. The molecule has 6 heteroatoms. The number of rotatable bonds is 3. The molecule has 2 aromatic carbocycles. The van der Waals surface area contributed by atoms with Crippen molar-refractivity contribution >= 4 is 56.1 Å². The quantitative estimate of drug-likeness (QED) is 0.701. The number of amides is 1. The first-order valence-electron chi connectivity index (χ1n) is 5.58. The summed E-state index contributed by atoms with van der Waals surface area (Å²) in [5, 5.41) is 11.7. The molecule has 0 saturated heterocycles. The van der Waals surface area contributed by atoms with E-state index in [0.29, 0.717) is 15.7 Å². The highest BCUT2D eigenvalue weighted by molar-refractivity contribution is 14.1. The van der Waals surface area contributed by atoms with Crippen molar-refractivity contribution in [3.63, 3.8) is 0 Å². The van der Waals surface area contributed by atoms with E-state index >= 15 is 0 Å². The summed E-state index contributed by atoms with van der Waals surface area (Å²) >= 11 is 5.37. The molecule has 0 aromatic heterocycles. The smallest absolute Gasteiger partial charge is 0.335 e. The van der Waals surface area contributed by atoms with Gasteiger partial charge in [0, 0.05) is 8.04 Å². The molecule has 0 radical (unpaired) electrons. The van der Waals surface area contributed by atoms with Crippen molar-refractivity contribution < 1.29 is 14.7 Å². The lowest BCUT2D eigenvalue weighted by Crippen LogP contribution is -2.14. The van der Waals surface area contributed by atoms with Gasteiger partial charge in [0.2, 0.25) is 0 Å². The lowest BCUT2D eigenvalue weighted by Gasteiger charge is -2.09. The molecule has 2 N–H and O–H groups in total. The first-order chi connectivity index (χ1) is 9.49. The van der Waals surface area contributed by atoms with Gasteiger partial charge in [0.25, 0.3) is 5.91 Å². The van der Waals surface area contributed by atoms with Crippen molar-refractivity contribution in [2.45, 2.75) is 0 Å². The Morgan fingerprint density at radius 3 is 2.50 bits per heavy atom. The van der Waals surface area contributed by atoms with E-state index in [1.807, 2.05) is 12.1 Å². The molecule has 0 aliphatic heterocycles. The van der Waals surface area contributed by atoms with Crippen LogP contribution >= 0.6 is 38.5 Å². The third-order valence-corrected chi connectivity index (χ3v) is 4.21. The average Bonchev–Trinajstić information content (AvgIpc) is 2.41. The molecule has 4 nitrogen and oxygen atoms in total. The molecule has 0 saturated carbocycles. The van der Waals surface area contributed by atoms with E-state index in [0.717, 1.165) is 3.57 Å². The number of anilines is 1. The van der Waals surface area contributed by atoms with Crippen LogP contribution in [-0.4, -0.2) is 17.0 Å². The second kappa shape index (κ2) is 6.36. The number of hydrogen-bond acceptors (Lipinski definition) is 2. The molecule has 2 rings (SSSR count). The van der Waals surface area contributed by atoms with Gasteiger partial charge in [0.15, 0.2) is 0 Å². The van der Waals surface area contributed by atoms with Crippen molar-refractivity contribution in [1.29, 1.82) is 0 Å². The van der Waals surface area contributed by atoms with E-state index in [2.05, 4.69) is 43.8 Å². The summed E-state index contributed by atoms with van der Waals surface area (Å²) in [7, 11) is 0. The summed E-state index contributed by atoms with van der Waals surface area (Å²) in [6.45, 7) is 0. The number of aromatic carboxylic acids is 1. The second-order valence-electron chi connectivity index (χ2n) is 3.93. The van der Waals surface area contributed by atoms with Crippen molar-refractivity contribution in [2.75, 3.05) is 5.32 Å². The van der Waals surface area contributed by atoms with Crippen LogP contribution in [0.5, 0.6) is 0 Å². The van der Waals surface area contributed by atoms with Gasteiger partial charge >= 0.3 is 5.97 Å². The zero-order valence-corrected chi connectivity index (χ0v) is 13.8. The van der Waals surface area contributed by atoms with Gasteiger partial charge in [-0.2, -0.15) is 0 Å². The lowest BCUT2D eigenvalue weighted by atomic mass is 10.2. The van der Waals surface area contributed by atoms with E-state index in [1.165, 1.54) is 12.1 Å². The largest absolute Gasteiger partial charge is 0.478 e. The maximum atomic E-state index is 12.2. The predicted molar refractivity (Wildman–Crippen MR) is 88.2 cm³/mol. The molecular formula is C14H9BrINO3. The fraction of sp³-hybridized carbons (Fsp3) is 0. The van der Waals surface area contributed by atoms with Gasteiger partial charge in [0.1, 0.15) is 0 Å². The van der Waals surface area contributed by atoms with E-state index in [9.17, 15) is 9.59 Å². The number of nitrogens with one attached hydrogen (secondary N) is 1. The van der Waals surface area contributed by atoms with Crippen LogP contribution in [0.1, 0.15) is 20.7 Å². The maximum absolute atomic E-state index is 12.2. The molecule has 0 aliphatic carbocycles. The number of hydrogen-bond donors (Lipinski definition) is 2. The summed E-state index contributed by atoms with van der Waals surface area (Å²) in [4.78, 5) is 23.1. The molecule has 0 heterocycles. The molecule has 0 unspecified atom stereocenters. The third kappa shape index (κ3) is 3.37. The number of carboxylic acid groups (broad SMARTS) is 1. The monoisotopic (exact) mass is 445 g/mol. The minimum absolute atomic E-state index is 0.117. The van der Waals surface area contributed by atoms with Crippen molar-refractivity contribution in [3.05, 3.63) is 61.6 Å². The van der Waals surface area contributed by atoms with Gasteiger partial charge in [0.05, 0.1) is 16.8 Å². The van der Waals surface area contributed by atoms with Crippen LogP contribution in [0.4, 0.5) is 5.69 Å². The predicted octanol–water partition coefficient (Wildman–Crippen LogP) is 4.00. The average molecular weight is 446 g/mol. The van der Waals surface area contributed by atoms with E-state index in [-0.39, 0.29) is 11.5 Å². The molecular weight excluding hydrogens is 437 g/mol. The van der Waals surface area contributed by atoms with Gasteiger partial charge in [-0.15, -0.1) is 0 Å². The van der Waals surface area contributed by atoms with Crippen LogP contribution in [0.25, 0.3) is 0 Å². The molecule has 0 atom stereocenters. The molecule has 1 amide bonds. The molecule has 0 bridgehead atoms. The minimum Gasteiger partial charge on any atom is -0.478 e. The number of carbonyl (C=O) groups excluding carboxylic acids is 1. The molecule has 2 aromatic rings. The number of carboxylic acids is 1. The highest BCUT2D eigenvalue weighted by Gasteiger charge is 2.13. The SMILES string of the molecule is O=C(O)c1ccc(Br)c(NC(=O)c2ccccc2I)c1. The fourth-order valence-electron chi connectivity index (χ4n) is 1.59. The van der Waals surface area contributed by atoms with Gasteiger partial charge in [-0.05, 0) is 68.9 Å². The van der Waals surface area contributed by atoms with Gasteiger partial charge < -0.3 is 10.4 Å². The van der Waals surface area contributed by atoms with Gasteiger partial charge in [-0.1, -0.05) is 12.1 Å². The highest BCUT2D eigenvalue weighted by Crippen LogP contribution is 2.25. The zero-order chi connectivity index (χ0) is 14.7. The molecule has 0 spiro atoms.